The molecule has 2 aliphatic carbocycles. The summed E-state index contributed by atoms with van der Waals surface area (Å²) >= 11 is 0. The molecule has 0 saturated heterocycles. The molecule has 1 heterocycles. The Morgan fingerprint density at radius 3 is 2.50 bits per heavy atom. The van der Waals surface area contributed by atoms with Crippen LogP contribution in [0.15, 0.2) is 12.5 Å². The summed E-state index contributed by atoms with van der Waals surface area (Å²) in [4.78, 5) is 0. The van der Waals surface area contributed by atoms with Gasteiger partial charge >= 0.3 is 0 Å². The molecule has 3 aliphatic rings. The van der Waals surface area contributed by atoms with Gasteiger partial charge in [0, 0.05) is 12.3 Å². The van der Waals surface area contributed by atoms with E-state index in [0.29, 0.717) is 11.8 Å². The Labute approximate surface area is 71.0 Å². The summed E-state index contributed by atoms with van der Waals surface area (Å²) in [5.41, 5.74) is 0. The topological polar surface area (TPSA) is 38.7 Å². The van der Waals surface area contributed by atoms with E-state index in [9.17, 15) is 5.11 Å². The molecule has 3 rings (SSSR count). The molecule has 0 radical (unpaired) electrons. The average Bonchev–Trinajstić information content (AvgIpc) is 2.68. The zero-order chi connectivity index (χ0) is 8.18. The third-order valence-electron chi connectivity index (χ3n) is 3.42. The van der Waals surface area contributed by atoms with Crippen LogP contribution in [0.2, 0.25) is 0 Å². The van der Waals surface area contributed by atoms with Crippen molar-refractivity contribution in [1.29, 1.82) is 0 Å². The third-order valence-corrected chi connectivity index (χ3v) is 3.42. The highest BCUT2D eigenvalue weighted by Crippen LogP contribution is 2.54. The van der Waals surface area contributed by atoms with Gasteiger partial charge in [0.25, 0.3) is 5.79 Å². The Kier molecular flexibility index (Phi) is 1.11. The molecular formula is C9H12O3. The number of hydrogen-bond acceptors (Lipinski definition) is 3. The van der Waals surface area contributed by atoms with Gasteiger partial charge in [0.1, 0.15) is 12.5 Å². The number of aliphatic hydroxyl groups is 1. The summed E-state index contributed by atoms with van der Waals surface area (Å²) < 4.78 is 10.9. The number of hydrogen-bond donors (Lipinski definition) is 1. The predicted molar refractivity (Wildman–Crippen MR) is 40.9 cm³/mol. The first kappa shape index (κ1) is 6.78. The van der Waals surface area contributed by atoms with Crippen LogP contribution in [0.4, 0.5) is 0 Å². The van der Waals surface area contributed by atoms with Crippen LogP contribution in [0.1, 0.15) is 19.3 Å². The fourth-order valence-corrected chi connectivity index (χ4v) is 2.82. The van der Waals surface area contributed by atoms with Crippen molar-refractivity contribution in [2.45, 2.75) is 31.2 Å². The number of aliphatic hydroxyl groups excluding tert-OH is 1. The molecule has 1 N–H and O–H groups in total. The average molecular weight is 168 g/mol. The largest absolute Gasteiger partial charge is 0.456 e. The second kappa shape index (κ2) is 1.96. The number of ether oxygens (including phenoxy) is 2. The highest BCUT2D eigenvalue weighted by atomic mass is 16.7. The zero-order valence-electron chi connectivity index (χ0n) is 6.77. The molecule has 0 amide bonds. The Morgan fingerprint density at radius 1 is 1.25 bits per heavy atom. The van der Waals surface area contributed by atoms with Gasteiger partial charge in [-0.05, 0) is 18.8 Å². The highest BCUT2D eigenvalue weighted by Gasteiger charge is 2.59. The van der Waals surface area contributed by atoms with E-state index in [-0.39, 0.29) is 11.9 Å². The molecule has 3 nitrogen and oxygen atoms in total. The van der Waals surface area contributed by atoms with Gasteiger partial charge in [-0.1, -0.05) is 0 Å². The maximum atomic E-state index is 9.53. The summed E-state index contributed by atoms with van der Waals surface area (Å²) in [6, 6.07) is 0. The van der Waals surface area contributed by atoms with Crippen LogP contribution in [0.25, 0.3) is 0 Å². The van der Waals surface area contributed by atoms with Gasteiger partial charge in [-0.25, -0.2) is 0 Å². The van der Waals surface area contributed by atoms with Crippen molar-refractivity contribution < 1.29 is 14.6 Å². The standard InChI is InChI=1S/C9H12O3/c10-8-4-7-3-6(8)5-9(7)11-1-2-12-9/h1-2,6-8,10H,3-5H2/t6-,7-,8?/m1/s1. The molecule has 0 aromatic carbocycles. The molecule has 1 unspecified atom stereocenters. The Hall–Kier alpha value is -0.700. The maximum Gasteiger partial charge on any atom is 0.253 e. The Bertz CT molecular complexity index is 226. The lowest BCUT2D eigenvalue weighted by molar-refractivity contribution is -0.186. The van der Waals surface area contributed by atoms with E-state index in [0.717, 1.165) is 19.3 Å². The van der Waals surface area contributed by atoms with E-state index in [2.05, 4.69) is 0 Å². The van der Waals surface area contributed by atoms with Crippen LogP contribution >= 0.6 is 0 Å². The normalized spacial score (nSPS) is 46.6. The summed E-state index contributed by atoms with van der Waals surface area (Å²) in [5.74, 6) is 0.409. The van der Waals surface area contributed by atoms with Crippen molar-refractivity contribution in [3.05, 3.63) is 12.5 Å². The minimum absolute atomic E-state index is 0.117. The first-order valence-corrected chi connectivity index (χ1v) is 4.49. The summed E-state index contributed by atoms with van der Waals surface area (Å²) in [5, 5.41) is 9.53. The van der Waals surface area contributed by atoms with Crippen molar-refractivity contribution in [2.75, 3.05) is 0 Å². The van der Waals surface area contributed by atoms with E-state index in [4.69, 9.17) is 9.47 Å². The van der Waals surface area contributed by atoms with E-state index in [1.54, 1.807) is 12.5 Å². The van der Waals surface area contributed by atoms with Gasteiger partial charge in [0.2, 0.25) is 0 Å². The molecule has 3 heteroatoms. The van der Waals surface area contributed by atoms with E-state index in [1.807, 2.05) is 0 Å². The number of fused-ring (bicyclic) bond motifs is 3. The molecule has 1 aliphatic heterocycles. The Balaban J connectivity index is 1.86. The number of rotatable bonds is 0. The minimum Gasteiger partial charge on any atom is -0.456 e. The van der Waals surface area contributed by atoms with E-state index >= 15 is 0 Å². The van der Waals surface area contributed by atoms with Gasteiger partial charge < -0.3 is 14.6 Å². The smallest absolute Gasteiger partial charge is 0.253 e. The van der Waals surface area contributed by atoms with Crippen molar-refractivity contribution >= 4 is 0 Å². The summed E-state index contributed by atoms with van der Waals surface area (Å²) in [6.07, 6.45) is 5.87. The van der Waals surface area contributed by atoms with Gasteiger partial charge in [-0.2, -0.15) is 0 Å². The van der Waals surface area contributed by atoms with Crippen molar-refractivity contribution in [2.24, 2.45) is 11.8 Å². The van der Waals surface area contributed by atoms with Gasteiger partial charge in [0.05, 0.1) is 6.10 Å². The van der Waals surface area contributed by atoms with Gasteiger partial charge in [-0.15, -0.1) is 0 Å². The molecule has 2 saturated carbocycles. The lowest BCUT2D eigenvalue weighted by Crippen LogP contribution is -2.39. The molecule has 2 fully saturated rings. The molecule has 1 spiro atoms. The first-order chi connectivity index (χ1) is 5.80. The molecule has 12 heavy (non-hydrogen) atoms. The molecular weight excluding hydrogens is 156 g/mol. The van der Waals surface area contributed by atoms with E-state index in [1.165, 1.54) is 0 Å². The van der Waals surface area contributed by atoms with Crippen molar-refractivity contribution in [1.82, 2.24) is 0 Å². The summed E-state index contributed by atoms with van der Waals surface area (Å²) in [6.45, 7) is 0. The lowest BCUT2D eigenvalue weighted by Gasteiger charge is -2.33. The van der Waals surface area contributed by atoms with Crippen LogP contribution < -0.4 is 0 Å². The highest BCUT2D eigenvalue weighted by molar-refractivity contribution is 5.04. The molecule has 66 valence electrons. The molecule has 3 atom stereocenters. The van der Waals surface area contributed by atoms with Crippen LogP contribution in [0, 0.1) is 11.8 Å². The van der Waals surface area contributed by atoms with Crippen LogP contribution in [-0.2, 0) is 9.47 Å². The van der Waals surface area contributed by atoms with Gasteiger partial charge in [-0.3, -0.25) is 0 Å². The second-order valence-corrected chi connectivity index (χ2v) is 4.02. The lowest BCUT2D eigenvalue weighted by atomic mass is 9.92. The Morgan fingerprint density at radius 2 is 2.00 bits per heavy atom. The first-order valence-electron chi connectivity index (χ1n) is 4.49. The quantitative estimate of drug-likeness (QED) is 0.586. The van der Waals surface area contributed by atoms with Crippen molar-refractivity contribution in [3.8, 4) is 0 Å². The zero-order valence-corrected chi connectivity index (χ0v) is 6.77. The SMILES string of the molecule is OC1C[C@H]2C[C@@H]1CC21OC=CO1. The molecule has 0 aromatic rings. The van der Waals surface area contributed by atoms with Crippen molar-refractivity contribution in [3.63, 3.8) is 0 Å². The van der Waals surface area contributed by atoms with Gasteiger partial charge in [0.15, 0.2) is 0 Å². The van der Waals surface area contributed by atoms with Crippen LogP contribution in [0.3, 0.4) is 0 Å². The van der Waals surface area contributed by atoms with E-state index < -0.39 is 0 Å². The molecule has 0 aromatic heterocycles. The second-order valence-electron chi connectivity index (χ2n) is 4.02. The monoisotopic (exact) mass is 168 g/mol. The van der Waals surface area contributed by atoms with Crippen LogP contribution in [0.5, 0.6) is 0 Å². The van der Waals surface area contributed by atoms with Crippen LogP contribution in [-0.4, -0.2) is 17.0 Å². The third kappa shape index (κ3) is 0.654. The molecule has 2 bridgehead atoms. The minimum atomic E-state index is -0.385. The fraction of sp³-hybridized carbons (Fsp3) is 0.778. The summed E-state index contributed by atoms with van der Waals surface area (Å²) in [7, 11) is 0. The fourth-order valence-electron chi connectivity index (χ4n) is 2.82. The predicted octanol–water partition coefficient (Wildman–Crippen LogP) is 0.991. The maximum absolute atomic E-state index is 9.53.